The summed E-state index contributed by atoms with van der Waals surface area (Å²) in [6.07, 6.45) is 0.331. The lowest BCUT2D eigenvalue weighted by molar-refractivity contribution is -0.385. The number of carbonyl (C=O) groups excluding carboxylic acids is 1. The first-order chi connectivity index (χ1) is 9.98. The number of hydrogen-bond donors (Lipinski definition) is 3. The molecule has 0 radical (unpaired) electrons. The first-order valence-corrected chi connectivity index (χ1v) is 6.37. The number of carbonyl (C=O) groups is 1. The van der Waals surface area contributed by atoms with Crippen molar-refractivity contribution in [3.63, 3.8) is 0 Å². The Hall–Kier alpha value is -2.19. The molecule has 116 valence electrons. The minimum atomic E-state index is -1.12. The summed E-state index contributed by atoms with van der Waals surface area (Å²) in [4.78, 5) is 21.9. The van der Waals surface area contributed by atoms with Gasteiger partial charge in [0.1, 0.15) is 0 Å². The van der Waals surface area contributed by atoms with E-state index < -0.39 is 36.2 Å². The van der Waals surface area contributed by atoms with Crippen molar-refractivity contribution < 1.29 is 24.7 Å². The van der Waals surface area contributed by atoms with Gasteiger partial charge in [-0.1, -0.05) is 19.1 Å². The zero-order valence-electron chi connectivity index (χ0n) is 11.6. The van der Waals surface area contributed by atoms with Crippen molar-refractivity contribution in [1.82, 2.24) is 5.32 Å². The summed E-state index contributed by atoms with van der Waals surface area (Å²) in [5.41, 5.74) is -1.36. The predicted octanol–water partition coefficient (Wildman–Crippen LogP) is 0.223. The van der Waals surface area contributed by atoms with E-state index in [0.29, 0.717) is 6.42 Å². The molecule has 0 unspecified atom stereocenters. The molecule has 0 aliphatic heterocycles. The zero-order chi connectivity index (χ0) is 15.9. The van der Waals surface area contributed by atoms with E-state index in [4.69, 9.17) is 4.74 Å². The van der Waals surface area contributed by atoms with Crippen LogP contribution in [-0.4, -0.2) is 46.4 Å². The summed E-state index contributed by atoms with van der Waals surface area (Å²) >= 11 is 0. The minimum absolute atomic E-state index is 0.0206. The number of amides is 1. The SMILES string of the molecule is CCC(CO)(CO)NC(=O)COc1ccccc1[N+](=O)[O-]. The Morgan fingerprint density at radius 1 is 1.38 bits per heavy atom. The van der Waals surface area contributed by atoms with Crippen LogP contribution in [0.3, 0.4) is 0 Å². The second-order valence-corrected chi connectivity index (χ2v) is 4.51. The van der Waals surface area contributed by atoms with E-state index in [2.05, 4.69) is 5.32 Å². The van der Waals surface area contributed by atoms with Crippen LogP contribution in [0.1, 0.15) is 13.3 Å². The van der Waals surface area contributed by atoms with Gasteiger partial charge in [-0.05, 0) is 12.5 Å². The Morgan fingerprint density at radius 2 is 2.00 bits per heavy atom. The van der Waals surface area contributed by atoms with Gasteiger partial charge in [-0.3, -0.25) is 14.9 Å². The van der Waals surface area contributed by atoms with Crippen molar-refractivity contribution in [2.75, 3.05) is 19.8 Å². The van der Waals surface area contributed by atoms with Crippen LogP contribution in [0.25, 0.3) is 0 Å². The van der Waals surface area contributed by atoms with Gasteiger partial charge in [0.15, 0.2) is 12.4 Å². The van der Waals surface area contributed by atoms with Crippen LogP contribution in [-0.2, 0) is 4.79 Å². The summed E-state index contributed by atoms with van der Waals surface area (Å²) in [6.45, 7) is 0.413. The fourth-order valence-corrected chi connectivity index (χ4v) is 1.65. The van der Waals surface area contributed by atoms with Gasteiger partial charge in [-0.15, -0.1) is 0 Å². The van der Waals surface area contributed by atoms with Crippen LogP contribution < -0.4 is 10.1 Å². The molecular formula is C13H18N2O6. The third kappa shape index (κ3) is 4.40. The molecule has 1 amide bonds. The molecule has 8 nitrogen and oxygen atoms in total. The van der Waals surface area contributed by atoms with Gasteiger partial charge in [-0.25, -0.2) is 0 Å². The Bertz CT molecular complexity index is 493. The molecule has 0 aliphatic carbocycles. The van der Waals surface area contributed by atoms with Gasteiger partial charge in [-0.2, -0.15) is 0 Å². The minimum Gasteiger partial charge on any atom is -0.477 e. The van der Waals surface area contributed by atoms with Crippen LogP contribution in [0.4, 0.5) is 5.69 Å². The molecule has 21 heavy (non-hydrogen) atoms. The van der Waals surface area contributed by atoms with Gasteiger partial charge in [0.25, 0.3) is 5.91 Å². The number of nitrogens with zero attached hydrogens (tertiary/aromatic N) is 1. The van der Waals surface area contributed by atoms with Crippen LogP contribution in [0.15, 0.2) is 24.3 Å². The quantitative estimate of drug-likeness (QED) is 0.466. The summed E-state index contributed by atoms with van der Waals surface area (Å²) < 4.78 is 5.12. The standard InChI is InChI=1S/C13H18N2O6/c1-2-13(8-16,9-17)14-12(18)7-21-11-6-4-3-5-10(11)15(19)20/h3-6,16-17H,2,7-9H2,1H3,(H,14,18). The van der Waals surface area contributed by atoms with Crippen molar-refractivity contribution in [2.45, 2.75) is 18.9 Å². The van der Waals surface area contributed by atoms with Crippen molar-refractivity contribution in [3.8, 4) is 5.75 Å². The highest BCUT2D eigenvalue weighted by molar-refractivity contribution is 5.78. The number of rotatable bonds is 8. The van der Waals surface area contributed by atoms with E-state index in [9.17, 15) is 25.1 Å². The molecule has 0 heterocycles. The van der Waals surface area contributed by atoms with Gasteiger partial charge >= 0.3 is 5.69 Å². The molecule has 0 spiro atoms. The van der Waals surface area contributed by atoms with Gasteiger partial charge in [0, 0.05) is 6.07 Å². The largest absolute Gasteiger partial charge is 0.477 e. The average Bonchev–Trinajstić information content (AvgIpc) is 2.51. The van der Waals surface area contributed by atoms with Crippen molar-refractivity contribution >= 4 is 11.6 Å². The molecule has 0 bridgehead atoms. The number of hydrogen-bond acceptors (Lipinski definition) is 6. The molecular weight excluding hydrogens is 280 g/mol. The predicted molar refractivity (Wildman–Crippen MR) is 73.9 cm³/mol. The fraction of sp³-hybridized carbons (Fsp3) is 0.462. The summed E-state index contributed by atoms with van der Waals surface area (Å²) in [5.74, 6) is -0.606. The molecule has 0 saturated carbocycles. The molecule has 3 N–H and O–H groups in total. The van der Waals surface area contributed by atoms with Crippen LogP contribution in [0.5, 0.6) is 5.75 Å². The average molecular weight is 298 g/mol. The molecule has 0 atom stereocenters. The third-order valence-electron chi connectivity index (χ3n) is 3.11. The highest BCUT2D eigenvalue weighted by Gasteiger charge is 2.28. The van der Waals surface area contributed by atoms with Crippen molar-refractivity contribution in [2.24, 2.45) is 0 Å². The normalized spacial score (nSPS) is 11.0. The van der Waals surface area contributed by atoms with Crippen molar-refractivity contribution in [1.29, 1.82) is 0 Å². The summed E-state index contributed by atoms with van der Waals surface area (Å²) in [6, 6.07) is 5.70. The third-order valence-corrected chi connectivity index (χ3v) is 3.11. The maximum atomic E-state index is 11.8. The molecule has 0 aromatic heterocycles. The van der Waals surface area contributed by atoms with E-state index >= 15 is 0 Å². The van der Waals surface area contributed by atoms with Crippen LogP contribution in [0, 0.1) is 10.1 Å². The number of para-hydroxylation sites is 2. The first kappa shape index (κ1) is 16.9. The molecule has 1 rings (SSSR count). The van der Waals surface area contributed by atoms with E-state index in [1.165, 1.54) is 18.2 Å². The van der Waals surface area contributed by atoms with Gasteiger partial charge < -0.3 is 20.3 Å². The van der Waals surface area contributed by atoms with Crippen LogP contribution in [0.2, 0.25) is 0 Å². The Morgan fingerprint density at radius 3 is 2.52 bits per heavy atom. The number of nitro benzene ring substituents is 1. The maximum absolute atomic E-state index is 11.8. The zero-order valence-corrected chi connectivity index (χ0v) is 11.6. The van der Waals surface area contributed by atoms with E-state index in [-0.39, 0.29) is 11.4 Å². The van der Waals surface area contributed by atoms with E-state index in [1.54, 1.807) is 13.0 Å². The van der Waals surface area contributed by atoms with Crippen LogP contribution >= 0.6 is 0 Å². The second-order valence-electron chi connectivity index (χ2n) is 4.51. The molecule has 0 saturated heterocycles. The number of ether oxygens (including phenoxy) is 1. The van der Waals surface area contributed by atoms with E-state index in [1.807, 2.05) is 0 Å². The highest BCUT2D eigenvalue weighted by Crippen LogP contribution is 2.25. The Balaban J connectivity index is 2.68. The Kier molecular flexibility index (Phi) is 6.07. The molecule has 8 heteroatoms. The number of aliphatic hydroxyl groups is 2. The fourth-order valence-electron chi connectivity index (χ4n) is 1.65. The molecule has 0 aliphatic rings. The lowest BCUT2D eigenvalue weighted by atomic mass is 9.98. The lowest BCUT2D eigenvalue weighted by Gasteiger charge is -2.29. The number of aliphatic hydroxyl groups excluding tert-OH is 2. The summed E-state index contributed by atoms with van der Waals surface area (Å²) in [7, 11) is 0. The van der Waals surface area contributed by atoms with Gasteiger partial charge in [0.2, 0.25) is 0 Å². The first-order valence-electron chi connectivity index (χ1n) is 6.37. The molecule has 0 fully saturated rings. The number of benzene rings is 1. The lowest BCUT2D eigenvalue weighted by Crippen LogP contribution is -2.55. The molecule has 1 aromatic carbocycles. The Labute approximate surface area is 121 Å². The molecule has 1 aromatic rings. The smallest absolute Gasteiger partial charge is 0.310 e. The van der Waals surface area contributed by atoms with Gasteiger partial charge in [0.05, 0.1) is 23.7 Å². The topological polar surface area (TPSA) is 122 Å². The second kappa shape index (κ2) is 7.55. The highest BCUT2D eigenvalue weighted by atomic mass is 16.6. The monoisotopic (exact) mass is 298 g/mol. The van der Waals surface area contributed by atoms with E-state index in [0.717, 1.165) is 0 Å². The van der Waals surface area contributed by atoms with Crippen molar-refractivity contribution in [3.05, 3.63) is 34.4 Å². The summed E-state index contributed by atoms with van der Waals surface area (Å²) in [5, 5.41) is 31.7. The number of nitrogens with one attached hydrogen (secondary N) is 1. The maximum Gasteiger partial charge on any atom is 0.310 e. The number of nitro groups is 1.